The van der Waals surface area contributed by atoms with Gasteiger partial charge in [0, 0.05) is 24.5 Å². The maximum atomic E-state index is 14.7. The van der Waals surface area contributed by atoms with Crippen LogP contribution in [0.2, 0.25) is 0 Å². The lowest BCUT2D eigenvalue weighted by atomic mass is 10.0. The van der Waals surface area contributed by atoms with Gasteiger partial charge in [-0.25, -0.2) is 18.6 Å². The average Bonchev–Trinajstić information content (AvgIpc) is 3.27. The van der Waals surface area contributed by atoms with E-state index in [0.717, 1.165) is 6.07 Å². The second-order valence-electron chi connectivity index (χ2n) is 7.58. The summed E-state index contributed by atoms with van der Waals surface area (Å²) in [5.41, 5.74) is 1.06. The highest BCUT2D eigenvalue weighted by Crippen LogP contribution is 2.40. The number of halogens is 2. The van der Waals surface area contributed by atoms with Crippen LogP contribution in [0.15, 0.2) is 54.7 Å². The third-order valence-electron chi connectivity index (χ3n) is 5.20. The van der Waals surface area contributed by atoms with Gasteiger partial charge in [0.1, 0.15) is 23.3 Å². The molecule has 1 aliphatic heterocycles. The normalized spacial score (nSPS) is 13.9. The molecular formula is C24H20F2N4O5. The number of urea groups is 1. The summed E-state index contributed by atoms with van der Waals surface area (Å²) in [5.74, 6) is -2.44. The first kappa shape index (κ1) is 23.6. The molecule has 35 heavy (non-hydrogen) atoms. The molecule has 3 aromatic rings. The van der Waals surface area contributed by atoms with Gasteiger partial charge in [-0.15, -0.1) is 0 Å². The Morgan fingerprint density at radius 3 is 2.57 bits per heavy atom. The number of benzene rings is 2. The zero-order valence-electron chi connectivity index (χ0n) is 18.4. The molecule has 0 spiro atoms. The zero-order chi connectivity index (χ0) is 24.9. The Kier molecular flexibility index (Phi) is 6.86. The van der Waals surface area contributed by atoms with E-state index in [1.54, 1.807) is 0 Å². The van der Waals surface area contributed by atoms with E-state index < -0.39 is 35.5 Å². The number of hydrogen-bond acceptors (Lipinski definition) is 7. The standard InChI is InChI=1S/C24H20F2N4O5/c1-34-23(32)16-12-28-22-21(16)19(8-9-27-22)35-18-7-6-15(11-17(18)26)29-24(33)30-20(31)10-13-2-4-14(25)5-3-13/h2-9,11,16H,10,12H2,1H3,(H,27,28)(H2,29,30,31,33). The Morgan fingerprint density at radius 1 is 1.09 bits per heavy atom. The van der Waals surface area contributed by atoms with Crippen LogP contribution in [-0.4, -0.2) is 36.5 Å². The maximum absolute atomic E-state index is 14.7. The van der Waals surface area contributed by atoms with Crippen LogP contribution in [0.4, 0.5) is 25.1 Å². The largest absolute Gasteiger partial charge is 0.468 e. The number of nitrogens with one attached hydrogen (secondary N) is 3. The molecule has 4 rings (SSSR count). The molecule has 0 radical (unpaired) electrons. The van der Waals surface area contributed by atoms with Crippen LogP contribution in [0.1, 0.15) is 17.0 Å². The molecule has 9 nitrogen and oxygen atoms in total. The average molecular weight is 482 g/mol. The third kappa shape index (κ3) is 5.52. The molecule has 0 saturated carbocycles. The minimum Gasteiger partial charge on any atom is -0.468 e. The van der Waals surface area contributed by atoms with E-state index in [0.29, 0.717) is 16.9 Å². The fraction of sp³-hybridized carbons (Fsp3) is 0.167. The van der Waals surface area contributed by atoms with Crippen molar-refractivity contribution in [2.45, 2.75) is 12.3 Å². The first-order valence-corrected chi connectivity index (χ1v) is 10.5. The van der Waals surface area contributed by atoms with Gasteiger partial charge in [-0.2, -0.15) is 0 Å². The third-order valence-corrected chi connectivity index (χ3v) is 5.20. The molecule has 1 atom stereocenters. The number of methoxy groups -OCH3 is 1. The van der Waals surface area contributed by atoms with Crippen molar-refractivity contribution in [2.75, 3.05) is 24.3 Å². The summed E-state index contributed by atoms with van der Waals surface area (Å²) in [7, 11) is 1.27. The molecule has 0 bridgehead atoms. The summed E-state index contributed by atoms with van der Waals surface area (Å²) in [4.78, 5) is 40.3. The molecule has 2 aromatic carbocycles. The molecule has 0 aliphatic carbocycles. The lowest BCUT2D eigenvalue weighted by molar-refractivity contribution is -0.142. The topological polar surface area (TPSA) is 119 Å². The van der Waals surface area contributed by atoms with E-state index in [4.69, 9.17) is 9.47 Å². The Balaban J connectivity index is 1.40. The van der Waals surface area contributed by atoms with Crippen molar-refractivity contribution >= 4 is 29.4 Å². The van der Waals surface area contributed by atoms with Crippen molar-refractivity contribution in [1.29, 1.82) is 0 Å². The number of esters is 1. The Labute approximate surface area is 198 Å². The van der Waals surface area contributed by atoms with Gasteiger partial charge >= 0.3 is 12.0 Å². The number of imide groups is 1. The Morgan fingerprint density at radius 2 is 1.86 bits per heavy atom. The molecule has 3 N–H and O–H groups in total. The number of aromatic nitrogens is 1. The van der Waals surface area contributed by atoms with Crippen molar-refractivity contribution in [2.24, 2.45) is 0 Å². The van der Waals surface area contributed by atoms with E-state index in [-0.39, 0.29) is 30.2 Å². The number of hydrogen-bond donors (Lipinski definition) is 3. The van der Waals surface area contributed by atoms with Crippen molar-refractivity contribution in [3.05, 3.63) is 77.5 Å². The second kappa shape index (κ2) is 10.2. The van der Waals surface area contributed by atoms with E-state index in [2.05, 4.69) is 20.9 Å². The van der Waals surface area contributed by atoms with Crippen LogP contribution in [0.5, 0.6) is 11.5 Å². The van der Waals surface area contributed by atoms with Gasteiger partial charge in [-0.1, -0.05) is 12.1 Å². The van der Waals surface area contributed by atoms with E-state index in [1.165, 1.54) is 55.8 Å². The number of carbonyl (C=O) groups is 3. The van der Waals surface area contributed by atoms with E-state index in [1.807, 2.05) is 0 Å². The summed E-state index contributed by atoms with van der Waals surface area (Å²) in [6.07, 6.45) is 1.33. The van der Waals surface area contributed by atoms with Gasteiger partial charge in [0.25, 0.3) is 0 Å². The van der Waals surface area contributed by atoms with Crippen molar-refractivity contribution < 1.29 is 32.6 Å². The Bertz CT molecular complexity index is 1280. The van der Waals surface area contributed by atoms with Crippen molar-refractivity contribution in [3.63, 3.8) is 0 Å². The summed E-state index contributed by atoms with van der Waals surface area (Å²) in [6, 6.07) is 9.65. The number of ether oxygens (including phenoxy) is 2. The van der Waals surface area contributed by atoms with Crippen LogP contribution in [0.25, 0.3) is 0 Å². The Hall–Kier alpha value is -4.54. The van der Waals surface area contributed by atoms with Gasteiger partial charge in [-0.05, 0) is 35.9 Å². The van der Waals surface area contributed by atoms with Crippen LogP contribution >= 0.6 is 0 Å². The predicted octanol–water partition coefficient (Wildman–Crippen LogP) is 3.73. The van der Waals surface area contributed by atoms with Crippen LogP contribution in [0, 0.1) is 11.6 Å². The minimum atomic E-state index is -0.857. The van der Waals surface area contributed by atoms with Crippen molar-refractivity contribution in [1.82, 2.24) is 10.3 Å². The fourth-order valence-corrected chi connectivity index (χ4v) is 3.57. The zero-order valence-corrected chi connectivity index (χ0v) is 18.4. The number of nitrogens with zero attached hydrogens (tertiary/aromatic N) is 1. The molecular weight excluding hydrogens is 462 g/mol. The van der Waals surface area contributed by atoms with Gasteiger partial charge < -0.3 is 20.1 Å². The fourth-order valence-electron chi connectivity index (χ4n) is 3.57. The lowest BCUT2D eigenvalue weighted by Crippen LogP contribution is -2.35. The molecule has 1 aliphatic rings. The number of rotatable bonds is 6. The van der Waals surface area contributed by atoms with Crippen LogP contribution in [0.3, 0.4) is 0 Å². The smallest absolute Gasteiger partial charge is 0.325 e. The molecule has 1 unspecified atom stereocenters. The molecule has 2 heterocycles. The monoisotopic (exact) mass is 482 g/mol. The second-order valence-corrected chi connectivity index (χ2v) is 7.58. The molecule has 1 aromatic heterocycles. The molecule has 180 valence electrons. The summed E-state index contributed by atoms with van der Waals surface area (Å²) < 4.78 is 38.2. The van der Waals surface area contributed by atoms with E-state index in [9.17, 15) is 23.2 Å². The molecule has 0 fully saturated rings. The summed E-state index contributed by atoms with van der Waals surface area (Å²) >= 11 is 0. The highest BCUT2D eigenvalue weighted by Gasteiger charge is 2.34. The SMILES string of the molecule is COC(=O)C1CNc2nccc(Oc3ccc(NC(=O)NC(=O)Cc4ccc(F)cc4)cc3F)c21. The van der Waals surface area contributed by atoms with Gasteiger partial charge in [0.05, 0.1) is 19.1 Å². The molecule has 3 amide bonds. The minimum absolute atomic E-state index is 0.0796. The highest BCUT2D eigenvalue weighted by molar-refractivity contribution is 6.01. The predicted molar refractivity (Wildman–Crippen MR) is 121 cm³/mol. The molecule has 0 saturated heterocycles. The lowest BCUT2D eigenvalue weighted by Gasteiger charge is -2.14. The van der Waals surface area contributed by atoms with Crippen LogP contribution < -0.4 is 20.7 Å². The number of anilines is 2. The maximum Gasteiger partial charge on any atom is 0.325 e. The van der Waals surface area contributed by atoms with Gasteiger partial charge in [0.15, 0.2) is 11.6 Å². The van der Waals surface area contributed by atoms with Crippen molar-refractivity contribution in [3.8, 4) is 11.5 Å². The number of carbonyl (C=O) groups excluding carboxylic acids is 3. The summed E-state index contributed by atoms with van der Waals surface area (Å²) in [5, 5.41) is 7.47. The first-order valence-electron chi connectivity index (χ1n) is 10.5. The number of pyridine rings is 1. The first-order chi connectivity index (χ1) is 16.8. The number of fused-ring (bicyclic) bond motifs is 1. The van der Waals surface area contributed by atoms with Gasteiger partial charge in [-0.3, -0.25) is 14.9 Å². The van der Waals surface area contributed by atoms with Crippen LogP contribution in [-0.2, 0) is 20.7 Å². The quantitative estimate of drug-likeness (QED) is 0.458. The summed E-state index contributed by atoms with van der Waals surface area (Å²) in [6.45, 7) is 0.274. The van der Waals surface area contributed by atoms with E-state index >= 15 is 0 Å². The highest BCUT2D eigenvalue weighted by atomic mass is 19.1. The number of amides is 3. The van der Waals surface area contributed by atoms with Gasteiger partial charge in [0.2, 0.25) is 5.91 Å². The molecule has 11 heteroatoms.